The number of fused-ring (bicyclic) bond motifs is 3. The summed E-state index contributed by atoms with van der Waals surface area (Å²) in [5.74, 6) is 1.38. The van der Waals surface area contributed by atoms with Gasteiger partial charge in [0.05, 0.1) is 6.20 Å². The Bertz CT molecular complexity index is 1120. The summed E-state index contributed by atoms with van der Waals surface area (Å²) in [6.07, 6.45) is 11.4. The number of hydrogen-bond acceptors (Lipinski definition) is 5. The van der Waals surface area contributed by atoms with Gasteiger partial charge in [-0.2, -0.15) is 19.0 Å². The molecule has 2 aliphatic heterocycles. The van der Waals surface area contributed by atoms with Crippen LogP contribution in [-0.2, 0) is 4.79 Å². The number of amides is 1. The first kappa shape index (κ1) is 18.7. The van der Waals surface area contributed by atoms with Gasteiger partial charge in [0, 0.05) is 54.6 Å². The van der Waals surface area contributed by atoms with Crippen molar-refractivity contribution in [1.29, 1.82) is 0 Å². The lowest BCUT2D eigenvalue weighted by atomic mass is 9.84. The highest BCUT2D eigenvalue weighted by atomic mass is 19.3. The second-order valence-electron chi connectivity index (χ2n) is 8.79. The molecule has 3 fully saturated rings. The van der Waals surface area contributed by atoms with Gasteiger partial charge in [-0.25, -0.2) is 14.2 Å². The predicted molar refractivity (Wildman–Crippen MR) is 109 cm³/mol. The Kier molecular flexibility index (Phi) is 4.22. The molecular formula is C21H23F2N7O. The maximum atomic E-state index is 12.9. The van der Waals surface area contributed by atoms with Gasteiger partial charge in [0.15, 0.2) is 5.82 Å². The minimum absolute atomic E-state index is 0.223. The number of aromatic nitrogens is 5. The van der Waals surface area contributed by atoms with Crippen molar-refractivity contribution in [1.82, 2.24) is 29.3 Å². The van der Waals surface area contributed by atoms with Gasteiger partial charge in [0.1, 0.15) is 11.8 Å². The van der Waals surface area contributed by atoms with Crippen molar-refractivity contribution in [2.45, 2.75) is 50.7 Å². The van der Waals surface area contributed by atoms with Crippen LogP contribution in [0.3, 0.4) is 0 Å². The van der Waals surface area contributed by atoms with Gasteiger partial charge in [-0.05, 0) is 31.7 Å². The molecule has 0 spiro atoms. The summed E-state index contributed by atoms with van der Waals surface area (Å²) in [5.41, 5.74) is 2.18. The highest BCUT2D eigenvalue weighted by Gasteiger charge is 2.45. The van der Waals surface area contributed by atoms with Crippen LogP contribution in [0.4, 0.5) is 14.6 Å². The highest BCUT2D eigenvalue weighted by molar-refractivity contribution is 5.82. The molecule has 10 heteroatoms. The molecule has 0 aromatic carbocycles. The predicted octanol–water partition coefficient (Wildman–Crippen LogP) is 2.97. The quantitative estimate of drug-likeness (QED) is 0.640. The number of rotatable bonds is 4. The largest absolute Gasteiger partial charge is 0.351 e. The van der Waals surface area contributed by atoms with E-state index < -0.39 is 6.55 Å². The van der Waals surface area contributed by atoms with E-state index in [4.69, 9.17) is 0 Å². The average Bonchev–Trinajstić information content (AvgIpc) is 3.41. The van der Waals surface area contributed by atoms with Crippen LogP contribution in [0.15, 0.2) is 31.0 Å². The Labute approximate surface area is 177 Å². The van der Waals surface area contributed by atoms with E-state index in [0.29, 0.717) is 16.2 Å². The summed E-state index contributed by atoms with van der Waals surface area (Å²) in [5, 5.41) is 8.03. The molecule has 2 atom stereocenters. The standard InChI is InChI=1S/C21H23F2N7O/c22-21(23)29-9-15(7-25-29)14-6-18-19(24-12-26-28(18)8-14)27-10-16-4-5-17(11-27)30(16)20(31)13-2-1-3-13/h6-9,12-13,16-17,21H,1-5,10-11H2. The molecule has 31 heavy (non-hydrogen) atoms. The third kappa shape index (κ3) is 2.99. The van der Waals surface area contributed by atoms with Gasteiger partial charge in [-0.3, -0.25) is 4.79 Å². The van der Waals surface area contributed by atoms with Crippen molar-refractivity contribution in [3.05, 3.63) is 31.0 Å². The van der Waals surface area contributed by atoms with Crippen molar-refractivity contribution in [2.24, 2.45) is 5.92 Å². The van der Waals surface area contributed by atoms with Gasteiger partial charge in [0.25, 0.3) is 0 Å². The van der Waals surface area contributed by atoms with Crippen molar-refractivity contribution in [3.8, 4) is 11.1 Å². The summed E-state index contributed by atoms with van der Waals surface area (Å²) in [6, 6.07) is 2.36. The molecule has 3 aromatic rings. The molecule has 0 radical (unpaired) electrons. The third-order valence-electron chi connectivity index (χ3n) is 7.01. The first-order valence-corrected chi connectivity index (χ1v) is 10.8. The van der Waals surface area contributed by atoms with Crippen LogP contribution >= 0.6 is 0 Å². The van der Waals surface area contributed by atoms with Crippen LogP contribution in [0.2, 0.25) is 0 Å². The Morgan fingerprint density at radius 1 is 1.03 bits per heavy atom. The fourth-order valence-electron chi connectivity index (χ4n) is 5.21. The summed E-state index contributed by atoms with van der Waals surface area (Å²) in [4.78, 5) is 21.9. The molecule has 2 saturated heterocycles. The molecule has 3 aliphatic rings. The fourth-order valence-corrected chi connectivity index (χ4v) is 5.21. The van der Waals surface area contributed by atoms with E-state index in [1.807, 2.05) is 6.07 Å². The smallest absolute Gasteiger partial charge is 0.333 e. The number of nitrogens with zero attached hydrogens (tertiary/aromatic N) is 7. The molecule has 162 valence electrons. The molecule has 1 aliphatic carbocycles. The molecule has 1 saturated carbocycles. The van der Waals surface area contributed by atoms with Gasteiger partial charge >= 0.3 is 6.55 Å². The zero-order valence-electron chi connectivity index (χ0n) is 16.9. The zero-order valence-corrected chi connectivity index (χ0v) is 16.9. The fraction of sp³-hybridized carbons (Fsp3) is 0.524. The number of alkyl halides is 2. The van der Waals surface area contributed by atoms with Gasteiger partial charge in [0.2, 0.25) is 5.91 Å². The average molecular weight is 427 g/mol. The van der Waals surface area contributed by atoms with E-state index >= 15 is 0 Å². The molecule has 3 aromatic heterocycles. The van der Waals surface area contributed by atoms with E-state index in [1.54, 1.807) is 10.7 Å². The normalized spacial score (nSPS) is 23.7. The minimum Gasteiger partial charge on any atom is -0.351 e. The van der Waals surface area contributed by atoms with Crippen LogP contribution in [0.1, 0.15) is 38.7 Å². The Hall–Kier alpha value is -3.04. The highest BCUT2D eigenvalue weighted by Crippen LogP contribution is 2.38. The van der Waals surface area contributed by atoms with Gasteiger partial charge in [-0.15, -0.1) is 0 Å². The number of anilines is 1. The van der Waals surface area contributed by atoms with Crippen LogP contribution in [-0.4, -0.2) is 60.4 Å². The summed E-state index contributed by atoms with van der Waals surface area (Å²) >= 11 is 0. The molecule has 2 bridgehead atoms. The third-order valence-corrected chi connectivity index (χ3v) is 7.01. The topological polar surface area (TPSA) is 71.6 Å². The lowest BCUT2D eigenvalue weighted by Gasteiger charge is -2.44. The summed E-state index contributed by atoms with van der Waals surface area (Å²) in [6.45, 7) is -1.16. The Morgan fingerprint density at radius 3 is 2.45 bits per heavy atom. The molecule has 2 unspecified atom stereocenters. The van der Waals surface area contributed by atoms with E-state index in [9.17, 15) is 13.6 Å². The van der Waals surface area contributed by atoms with Crippen molar-refractivity contribution in [2.75, 3.05) is 18.0 Å². The Balaban J connectivity index is 1.29. The monoisotopic (exact) mass is 427 g/mol. The number of halogens is 2. The van der Waals surface area contributed by atoms with Crippen LogP contribution in [0, 0.1) is 5.92 Å². The molecule has 0 N–H and O–H groups in total. The van der Waals surface area contributed by atoms with E-state index in [0.717, 1.165) is 62.1 Å². The molecular weight excluding hydrogens is 404 g/mol. The maximum Gasteiger partial charge on any atom is 0.333 e. The summed E-state index contributed by atoms with van der Waals surface area (Å²) in [7, 11) is 0. The second kappa shape index (κ2) is 7.00. The van der Waals surface area contributed by atoms with Crippen molar-refractivity contribution >= 4 is 17.2 Å². The number of hydrogen-bond donors (Lipinski definition) is 0. The van der Waals surface area contributed by atoms with Crippen molar-refractivity contribution in [3.63, 3.8) is 0 Å². The van der Waals surface area contributed by atoms with Crippen LogP contribution < -0.4 is 4.90 Å². The van der Waals surface area contributed by atoms with Crippen molar-refractivity contribution < 1.29 is 13.6 Å². The van der Waals surface area contributed by atoms with E-state index in [2.05, 4.69) is 25.0 Å². The van der Waals surface area contributed by atoms with E-state index in [-0.39, 0.29) is 18.0 Å². The molecule has 8 nitrogen and oxygen atoms in total. The van der Waals surface area contributed by atoms with Gasteiger partial charge in [-0.1, -0.05) is 6.42 Å². The first-order valence-electron chi connectivity index (χ1n) is 10.8. The SMILES string of the molecule is O=C(C1CCC1)N1C2CCC1CN(c1ncnn3cc(-c4cnn(C(F)F)c4)cc13)C2. The molecule has 5 heterocycles. The van der Waals surface area contributed by atoms with Crippen LogP contribution in [0.25, 0.3) is 16.6 Å². The molecule has 6 rings (SSSR count). The second-order valence-corrected chi connectivity index (χ2v) is 8.79. The van der Waals surface area contributed by atoms with Gasteiger partial charge < -0.3 is 9.80 Å². The maximum absolute atomic E-state index is 12.9. The molecule has 1 amide bonds. The summed E-state index contributed by atoms with van der Waals surface area (Å²) < 4.78 is 28.1. The number of carbonyl (C=O) groups excluding carboxylic acids is 1. The number of carbonyl (C=O) groups is 1. The van der Waals surface area contributed by atoms with Crippen LogP contribution in [0.5, 0.6) is 0 Å². The van der Waals surface area contributed by atoms with E-state index in [1.165, 1.54) is 18.7 Å². The zero-order chi connectivity index (χ0) is 21.1. The lowest BCUT2D eigenvalue weighted by Crippen LogP contribution is -2.58. The lowest BCUT2D eigenvalue weighted by molar-refractivity contribution is -0.141. The Morgan fingerprint density at radius 2 is 1.81 bits per heavy atom. The first-order chi connectivity index (χ1) is 15.1. The number of piperazine rings is 1. The minimum atomic E-state index is -2.67.